The maximum atomic E-state index is 11.0. The van der Waals surface area contributed by atoms with Crippen LogP contribution in [-0.4, -0.2) is 22.2 Å². The lowest BCUT2D eigenvalue weighted by molar-refractivity contribution is 0.0651. The van der Waals surface area contributed by atoms with Gasteiger partial charge in [-0.25, -0.2) is 14.4 Å². The zero-order valence-corrected chi connectivity index (χ0v) is 8.34. The van der Waals surface area contributed by atoms with E-state index < -0.39 is 23.1 Å². The smallest absolute Gasteiger partial charge is 0.336 e. The fraction of sp³-hybridized carbons (Fsp3) is 0. The highest BCUT2D eigenvalue weighted by Crippen LogP contribution is 2.19. The molecule has 0 saturated carbocycles. The van der Waals surface area contributed by atoms with E-state index in [9.17, 15) is 14.4 Å². The van der Waals surface area contributed by atoms with E-state index in [2.05, 4.69) is 0 Å². The number of carbonyl (C=O) groups is 2. The van der Waals surface area contributed by atoms with Gasteiger partial charge in [0.25, 0.3) is 0 Å². The number of benzene rings is 1. The number of carboxylic acids is 2. The molecule has 0 bridgehead atoms. The quantitative estimate of drug-likeness (QED) is 0.756. The van der Waals surface area contributed by atoms with E-state index in [0.717, 1.165) is 18.2 Å². The Morgan fingerprint density at radius 2 is 1.59 bits per heavy atom. The molecule has 0 atom stereocenters. The summed E-state index contributed by atoms with van der Waals surface area (Å²) in [5.41, 5.74) is -1.35. The zero-order valence-electron chi connectivity index (χ0n) is 8.34. The van der Waals surface area contributed by atoms with Gasteiger partial charge in [-0.3, -0.25) is 0 Å². The van der Waals surface area contributed by atoms with Crippen molar-refractivity contribution in [1.82, 2.24) is 0 Å². The Morgan fingerprint density at radius 1 is 1.00 bits per heavy atom. The van der Waals surface area contributed by atoms with Crippen LogP contribution < -0.4 is 5.63 Å². The number of carboxylic acid groups (broad SMARTS) is 2. The minimum absolute atomic E-state index is 0.0416. The molecule has 0 unspecified atom stereocenters. The minimum atomic E-state index is -1.39. The van der Waals surface area contributed by atoms with Crippen molar-refractivity contribution in [2.75, 3.05) is 0 Å². The van der Waals surface area contributed by atoms with Crippen molar-refractivity contribution in [2.24, 2.45) is 0 Å². The van der Waals surface area contributed by atoms with E-state index >= 15 is 0 Å². The van der Waals surface area contributed by atoms with Crippen LogP contribution in [0.15, 0.2) is 33.5 Å². The summed E-state index contributed by atoms with van der Waals surface area (Å²) < 4.78 is 4.78. The van der Waals surface area contributed by atoms with Crippen LogP contribution in [0.4, 0.5) is 0 Å². The molecular formula is C11H6O6. The van der Waals surface area contributed by atoms with Crippen LogP contribution in [0, 0.1) is 0 Å². The van der Waals surface area contributed by atoms with Gasteiger partial charge in [0.05, 0.1) is 11.1 Å². The summed E-state index contributed by atoms with van der Waals surface area (Å²) in [6.45, 7) is 0. The Hall–Kier alpha value is -2.63. The van der Waals surface area contributed by atoms with Gasteiger partial charge in [-0.15, -0.1) is 0 Å². The highest BCUT2D eigenvalue weighted by Gasteiger charge is 2.17. The van der Waals surface area contributed by atoms with Gasteiger partial charge in [-0.05, 0) is 18.2 Å². The molecule has 17 heavy (non-hydrogen) atoms. The zero-order chi connectivity index (χ0) is 12.6. The number of hydrogen-bond acceptors (Lipinski definition) is 4. The Labute approximate surface area is 93.7 Å². The highest BCUT2D eigenvalue weighted by atomic mass is 16.4. The van der Waals surface area contributed by atoms with E-state index in [0.29, 0.717) is 5.39 Å². The highest BCUT2D eigenvalue weighted by molar-refractivity contribution is 6.05. The standard InChI is InChI=1S/C11H6O6/c12-9-2-1-5-3-6(10(13)14)7(11(15)16)4-8(5)17-9/h1-4H,(H,13,14)(H,15,16). The van der Waals surface area contributed by atoms with E-state index in [4.69, 9.17) is 14.6 Å². The van der Waals surface area contributed by atoms with Crippen molar-refractivity contribution in [3.63, 3.8) is 0 Å². The Balaban J connectivity index is 2.86. The molecule has 1 aromatic heterocycles. The van der Waals surface area contributed by atoms with Crippen LogP contribution in [0.25, 0.3) is 11.0 Å². The summed E-state index contributed by atoms with van der Waals surface area (Å²) in [5, 5.41) is 18.1. The Bertz CT molecular complexity index is 682. The van der Waals surface area contributed by atoms with Gasteiger partial charge in [-0.2, -0.15) is 0 Å². The van der Waals surface area contributed by atoms with Crippen LogP contribution in [0.5, 0.6) is 0 Å². The van der Waals surface area contributed by atoms with Gasteiger partial charge >= 0.3 is 17.6 Å². The summed E-state index contributed by atoms with van der Waals surface area (Å²) in [4.78, 5) is 32.7. The van der Waals surface area contributed by atoms with Crippen molar-refractivity contribution in [3.8, 4) is 0 Å². The lowest BCUT2D eigenvalue weighted by atomic mass is 10.0. The van der Waals surface area contributed by atoms with E-state index in [1.807, 2.05) is 0 Å². The van der Waals surface area contributed by atoms with E-state index in [1.165, 1.54) is 6.07 Å². The first-order valence-corrected chi connectivity index (χ1v) is 4.53. The lowest BCUT2D eigenvalue weighted by Gasteiger charge is -2.03. The van der Waals surface area contributed by atoms with Crippen LogP contribution in [0.2, 0.25) is 0 Å². The number of aromatic carboxylic acids is 2. The van der Waals surface area contributed by atoms with Crippen molar-refractivity contribution in [2.45, 2.75) is 0 Å². The molecule has 0 amide bonds. The van der Waals surface area contributed by atoms with E-state index in [1.54, 1.807) is 0 Å². The van der Waals surface area contributed by atoms with Crippen LogP contribution in [0.1, 0.15) is 20.7 Å². The van der Waals surface area contributed by atoms with Gasteiger partial charge in [0.1, 0.15) is 5.58 Å². The normalized spacial score (nSPS) is 10.4. The van der Waals surface area contributed by atoms with Crippen molar-refractivity contribution in [3.05, 3.63) is 45.8 Å². The van der Waals surface area contributed by atoms with Crippen LogP contribution in [-0.2, 0) is 0 Å². The molecule has 0 radical (unpaired) electrons. The Kier molecular flexibility index (Phi) is 2.40. The number of fused-ring (bicyclic) bond motifs is 1. The third kappa shape index (κ3) is 1.87. The van der Waals surface area contributed by atoms with Crippen LogP contribution >= 0.6 is 0 Å². The third-order valence-electron chi connectivity index (χ3n) is 2.22. The predicted molar refractivity (Wildman–Crippen MR) is 56.4 cm³/mol. The summed E-state index contributed by atoms with van der Waals surface area (Å²) in [6.07, 6.45) is 0. The Morgan fingerprint density at radius 3 is 2.18 bits per heavy atom. The average molecular weight is 234 g/mol. The molecule has 2 aromatic rings. The molecular weight excluding hydrogens is 228 g/mol. The predicted octanol–water partition coefficient (Wildman–Crippen LogP) is 1.19. The van der Waals surface area contributed by atoms with Gasteiger partial charge < -0.3 is 14.6 Å². The second-order valence-electron chi connectivity index (χ2n) is 3.30. The molecule has 0 aliphatic rings. The fourth-order valence-corrected chi connectivity index (χ4v) is 1.47. The molecule has 0 spiro atoms. The summed E-state index contributed by atoms with van der Waals surface area (Å²) in [5.74, 6) is -2.74. The SMILES string of the molecule is O=C(O)c1cc2ccc(=O)oc2cc1C(=O)O. The molecule has 86 valence electrons. The molecule has 0 aliphatic heterocycles. The first-order chi connectivity index (χ1) is 7.99. The van der Waals surface area contributed by atoms with Gasteiger partial charge in [0.15, 0.2) is 0 Å². The molecule has 6 heteroatoms. The van der Waals surface area contributed by atoms with Crippen molar-refractivity contribution in [1.29, 1.82) is 0 Å². The number of rotatable bonds is 2. The lowest BCUT2D eigenvalue weighted by Crippen LogP contribution is -2.08. The summed E-state index contributed by atoms with van der Waals surface area (Å²) in [6, 6.07) is 4.69. The minimum Gasteiger partial charge on any atom is -0.478 e. The number of hydrogen-bond donors (Lipinski definition) is 2. The molecule has 0 saturated heterocycles. The van der Waals surface area contributed by atoms with Crippen molar-refractivity contribution >= 4 is 22.9 Å². The monoisotopic (exact) mass is 234 g/mol. The molecule has 1 heterocycles. The fourth-order valence-electron chi connectivity index (χ4n) is 1.47. The average Bonchev–Trinajstić information content (AvgIpc) is 2.26. The first-order valence-electron chi connectivity index (χ1n) is 4.53. The topological polar surface area (TPSA) is 105 Å². The first kappa shape index (κ1) is 10.9. The second kappa shape index (κ2) is 3.75. The molecule has 2 N–H and O–H groups in total. The molecule has 0 fully saturated rings. The van der Waals surface area contributed by atoms with E-state index in [-0.39, 0.29) is 11.1 Å². The summed E-state index contributed by atoms with van der Waals surface area (Å²) >= 11 is 0. The molecule has 2 rings (SSSR count). The maximum absolute atomic E-state index is 11.0. The molecule has 0 aliphatic carbocycles. The van der Waals surface area contributed by atoms with Crippen molar-refractivity contribution < 1.29 is 24.2 Å². The molecule has 1 aromatic carbocycles. The second-order valence-corrected chi connectivity index (χ2v) is 3.30. The summed E-state index contributed by atoms with van der Waals surface area (Å²) in [7, 11) is 0. The third-order valence-corrected chi connectivity index (χ3v) is 2.22. The van der Waals surface area contributed by atoms with Gasteiger partial charge in [0.2, 0.25) is 0 Å². The molecule has 6 nitrogen and oxygen atoms in total. The van der Waals surface area contributed by atoms with Gasteiger partial charge in [-0.1, -0.05) is 0 Å². The van der Waals surface area contributed by atoms with Gasteiger partial charge in [0, 0.05) is 11.5 Å². The van der Waals surface area contributed by atoms with Crippen LogP contribution in [0.3, 0.4) is 0 Å². The maximum Gasteiger partial charge on any atom is 0.336 e. The largest absolute Gasteiger partial charge is 0.478 e.